The molecule has 0 heterocycles. The number of halogens is 1. The molecule has 172 valence electrons. The fraction of sp³-hybridized carbons (Fsp3) is 0.231. The second-order valence-corrected chi connectivity index (χ2v) is 7.33. The van der Waals surface area contributed by atoms with Gasteiger partial charge in [0, 0.05) is 6.42 Å². The zero-order valence-corrected chi connectivity index (χ0v) is 18.4. The number of aliphatic hydroxyl groups excluding tert-OH is 1. The molecule has 0 aliphatic heterocycles. The van der Waals surface area contributed by atoms with Crippen molar-refractivity contribution in [3.8, 4) is 11.5 Å². The molecule has 0 aliphatic carbocycles. The number of hydrogen-bond donors (Lipinski definition) is 2. The van der Waals surface area contributed by atoms with E-state index in [1.165, 1.54) is 18.3 Å². The van der Waals surface area contributed by atoms with Gasteiger partial charge in [0.2, 0.25) is 5.91 Å². The zero-order chi connectivity index (χ0) is 23.5. The smallest absolute Gasteiger partial charge is 0.240 e. The third-order valence-electron chi connectivity index (χ3n) is 4.82. The third kappa shape index (κ3) is 8.05. The normalized spacial score (nSPS) is 11.8. The van der Waals surface area contributed by atoms with E-state index >= 15 is 0 Å². The van der Waals surface area contributed by atoms with E-state index in [0.717, 1.165) is 22.4 Å². The van der Waals surface area contributed by atoms with Gasteiger partial charge in [0.05, 0.1) is 18.9 Å². The van der Waals surface area contributed by atoms with Gasteiger partial charge in [-0.3, -0.25) is 4.79 Å². The lowest BCUT2D eigenvalue weighted by Gasteiger charge is -2.11. The summed E-state index contributed by atoms with van der Waals surface area (Å²) >= 11 is 0. The van der Waals surface area contributed by atoms with Crippen molar-refractivity contribution in [2.75, 3.05) is 6.61 Å². The van der Waals surface area contributed by atoms with Crippen LogP contribution in [0.1, 0.15) is 42.6 Å². The molecule has 0 fully saturated rings. The lowest BCUT2D eigenvalue weighted by atomic mass is 10.0. The summed E-state index contributed by atoms with van der Waals surface area (Å²) in [6.07, 6.45) is 1.22. The maximum Gasteiger partial charge on any atom is 0.240 e. The van der Waals surface area contributed by atoms with Crippen molar-refractivity contribution < 1.29 is 23.8 Å². The molecule has 0 aliphatic rings. The number of carbonyl (C=O) groups excluding carboxylic acids is 1. The number of carbonyl (C=O) groups is 1. The summed E-state index contributed by atoms with van der Waals surface area (Å²) in [6.45, 7) is 2.83. The zero-order valence-electron chi connectivity index (χ0n) is 18.4. The number of hydrogen-bond acceptors (Lipinski definition) is 5. The van der Waals surface area contributed by atoms with Crippen LogP contribution in [0.15, 0.2) is 77.9 Å². The second kappa shape index (κ2) is 12.4. The number of hydrazone groups is 1. The lowest BCUT2D eigenvalue weighted by Crippen LogP contribution is -2.18. The first-order valence-electron chi connectivity index (χ1n) is 10.7. The van der Waals surface area contributed by atoms with Crippen molar-refractivity contribution in [2.24, 2.45) is 5.10 Å². The molecule has 6 nitrogen and oxygen atoms in total. The molecular formula is C26H27FN2O4. The number of nitrogens with zero attached hydrogens (tertiary/aromatic N) is 1. The van der Waals surface area contributed by atoms with Crippen LogP contribution in [-0.2, 0) is 11.4 Å². The van der Waals surface area contributed by atoms with E-state index in [2.05, 4.69) is 10.5 Å². The van der Waals surface area contributed by atoms with Gasteiger partial charge in [0.1, 0.15) is 23.9 Å². The highest BCUT2D eigenvalue weighted by molar-refractivity contribution is 5.82. The molecule has 0 radical (unpaired) electrons. The summed E-state index contributed by atoms with van der Waals surface area (Å²) in [4.78, 5) is 12.0. The van der Waals surface area contributed by atoms with E-state index in [9.17, 15) is 14.3 Å². The number of amides is 1. The summed E-state index contributed by atoms with van der Waals surface area (Å²) in [5.41, 5.74) is 4.86. The second-order valence-electron chi connectivity index (χ2n) is 7.33. The number of rotatable bonds is 11. The highest BCUT2D eigenvalue weighted by atomic mass is 19.1. The van der Waals surface area contributed by atoms with Gasteiger partial charge in [-0.15, -0.1) is 0 Å². The van der Waals surface area contributed by atoms with Crippen LogP contribution in [0.3, 0.4) is 0 Å². The minimum Gasteiger partial charge on any atom is -0.494 e. The Morgan fingerprint density at radius 1 is 1.00 bits per heavy atom. The average molecular weight is 451 g/mol. The molecule has 0 unspecified atom stereocenters. The number of aliphatic hydroxyl groups is 1. The highest BCUT2D eigenvalue weighted by Crippen LogP contribution is 2.21. The minimum absolute atomic E-state index is 0.141. The van der Waals surface area contributed by atoms with Gasteiger partial charge in [-0.25, -0.2) is 9.82 Å². The van der Waals surface area contributed by atoms with Gasteiger partial charge in [-0.1, -0.05) is 24.3 Å². The molecule has 3 aromatic carbocycles. The maximum atomic E-state index is 12.9. The van der Waals surface area contributed by atoms with E-state index in [4.69, 9.17) is 9.47 Å². The molecule has 33 heavy (non-hydrogen) atoms. The van der Waals surface area contributed by atoms with Gasteiger partial charge < -0.3 is 14.6 Å². The number of nitrogens with one attached hydrogen (secondary N) is 1. The molecule has 3 rings (SSSR count). The Morgan fingerprint density at radius 2 is 1.64 bits per heavy atom. The Balaban J connectivity index is 1.39. The topological polar surface area (TPSA) is 80.2 Å². The molecule has 0 saturated carbocycles. The van der Waals surface area contributed by atoms with Gasteiger partial charge in [-0.2, -0.15) is 5.10 Å². The molecule has 2 N–H and O–H groups in total. The molecule has 0 aromatic heterocycles. The van der Waals surface area contributed by atoms with Crippen molar-refractivity contribution in [1.29, 1.82) is 0 Å². The first-order chi connectivity index (χ1) is 16.0. The molecular weight excluding hydrogens is 423 g/mol. The standard InChI is InChI=1S/C26H27FN2O4/c1-2-32-23-13-7-21(8-14-23)25(30)15-16-26(31)29-28-17-19-5-11-24(12-6-19)33-18-20-3-9-22(27)10-4-20/h3-14,17,25,30H,2,15-16,18H2,1H3,(H,29,31)/b28-17-/t25-/m1/s1. The van der Waals surface area contributed by atoms with Gasteiger partial charge in [0.25, 0.3) is 0 Å². The largest absolute Gasteiger partial charge is 0.494 e. The summed E-state index contributed by atoms with van der Waals surface area (Å²) in [6, 6.07) is 20.5. The predicted octanol–water partition coefficient (Wildman–Crippen LogP) is 4.77. The minimum atomic E-state index is -0.738. The first kappa shape index (κ1) is 23.9. The highest BCUT2D eigenvalue weighted by Gasteiger charge is 2.10. The molecule has 3 aromatic rings. The molecule has 7 heteroatoms. The van der Waals surface area contributed by atoms with E-state index < -0.39 is 6.10 Å². The first-order valence-corrected chi connectivity index (χ1v) is 10.7. The van der Waals surface area contributed by atoms with Crippen LogP contribution in [0.25, 0.3) is 0 Å². The van der Waals surface area contributed by atoms with Crippen LogP contribution >= 0.6 is 0 Å². The maximum absolute atomic E-state index is 12.9. The van der Waals surface area contributed by atoms with E-state index in [1.54, 1.807) is 48.5 Å². The molecule has 0 saturated heterocycles. The predicted molar refractivity (Wildman–Crippen MR) is 125 cm³/mol. The molecule has 1 atom stereocenters. The third-order valence-corrected chi connectivity index (χ3v) is 4.82. The van der Waals surface area contributed by atoms with Crippen LogP contribution < -0.4 is 14.9 Å². The Labute approximate surface area is 192 Å². The Morgan fingerprint density at radius 3 is 2.30 bits per heavy atom. The fourth-order valence-electron chi connectivity index (χ4n) is 3.02. The lowest BCUT2D eigenvalue weighted by molar-refractivity contribution is -0.121. The summed E-state index contributed by atoms with van der Waals surface area (Å²) in [5.74, 6) is 0.852. The van der Waals surface area contributed by atoms with Crippen molar-refractivity contribution in [3.63, 3.8) is 0 Å². The van der Waals surface area contributed by atoms with Gasteiger partial charge >= 0.3 is 0 Å². The van der Waals surface area contributed by atoms with E-state index in [-0.39, 0.29) is 24.6 Å². The van der Waals surface area contributed by atoms with Crippen molar-refractivity contribution in [3.05, 3.63) is 95.3 Å². The van der Waals surface area contributed by atoms with Crippen molar-refractivity contribution >= 4 is 12.1 Å². The van der Waals surface area contributed by atoms with Crippen LogP contribution in [0, 0.1) is 5.82 Å². The van der Waals surface area contributed by atoms with E-state index in [0.29, 0.717) is 19.0 Å². The number of ether oxygens (including phenoxy) is 2. The van der Waals surface area contributed by atoms with Crippen LogP contribution in [-0.4, -0.2) is 23.8 Å². The van der Waals surface area contributed by atoms with E-state index in [1.807, 2.05) is 19.1 Å². The van der Waals surface area contributed by atoms with Crippen LogP contribution in [0.2, 0.25) is 0 Å². The molecule has 0 bridgehead atoms. The SMILES string of the molecule is CCOc1ccc([C@H](O)CCC(=O)N/N=C\c2ccc(OCc3ccc(F)cc3)cc2)cc1. The quantitative estimate of drug-likeness (QED) is 0.326. The van der Waals surface area contributed by atoms with Crippen LogP contribution in [0.4, 0.5) is 4.39 Å². The Bertz CT molecular complexity index is 1040. The Kier molecular flexibility index (Phi) is 8.97. The summed E-state index contributed by atoms with van der Waals surface area (Å²) in [7, 11) is 0. The van der Waals surface area contributed by atoms with Crippen LogP contribution in [0.5, 0.6) is 11.5 Å². The number of benzene rings is 3. The van der Waals surface area contributed by atoms with Crippen molar-refractivity contribution in [2.45, 2.75) is 32.5 Å². The van der Waals surface area contributed by atoms with Crippen molar-refractivity contribution in [1.82, 2.24) is 5.43 Å². The Hall–Kier alpha value is -3.71. The van der Waals surface area contributed by atoms with Gasteiger partial charge in [0.15, 0.2) is 0 Å². The summed E-state index contributed by atoms with van der Waals surface area (Å²) in [5, 5.41) is 14.2. The summed E-state index contributed by atoms with van der Waals surface area (Å²) < 4.78 is 24.0. The monoisotopic (exact) mass is 450 g/mol. The van der Waals surface area contributed by atoms with Gasteiger partial charge in [-0.05, 0) is 78.6 Å². The molecule has 1 amide bonds. The fourth-order valence-corrected chi connectivity index (χ4v) is 3.02. The average Bonchev–Trinajstić information content (AvgIpc) is 2.84. The molecule has 0 spiro atoms.